The molecule has 0 spiro atoms. The van der Waals surface area contributed by atoms with Crippen molar-refractivity contribution < 1.29 is 0 Å². The molecule has 1 aliphatic carbocycles. The van der Waals surface area contributed by atoms with Crippen molar-refractivity contribution in [2.24, 2.45) is 5.92 Å². The molecule has 1 N–H and O–H groups in total. The van der Waals surface area contributed by atoms with Gasteiger partial charge in [-0.1, -0.05) is 6.92 Å². The number of nitrogens with one attached hydrogen (secondary N) is 1. The van der Waals surface area contributed by atoms with Gasteiger partial charge < -0.3 is 10.2 Å². The molecule has 2 nitrogen and oxygen atoms in total. The summed E-state index contributed by atoms with van der Waals surface area (Å²) in [6.07, 6.45) is 4.16. The summed E-state index contributed by atoms with van der Waals surface area (Å²) in [4.78, 5) is 2.26. The van der Waals surface area contributed by atoms with E-state index in [2.05, 4.69) is 43.0 Å². The van der Waals surface area contributed by atoms with Crippen LogP contribution in [0.4, 0.5) is 0 Å². The Kier molecular flexibility index (Phi) is 6.69. The van der Waals surface area contributed by atoms with Crippen LogP contribution in [0.1, 0.15) is 26.2 Å². The van der Waals surface area contributed by atoms with Crippen molar-refractivity contribution in [2.75, 3.05) is 38.7 Å². The van der Waals surface area contributed by atoms with Crippen LogP contribution in [0.3, 0.4) is 0 Å². The van der Waals surface area contributed by atoms with E-state index in [-0.39, 0.29) is 0 Å². The van der Waals surface area contributed by atoms with E-state index in [1.807, 2.05) is 0 Å². The molecule has 0 heterocycles. The summed E-state index contributed by atoms with van der Waals surface area (Å²) < 4.78 is 0. The molecule has 0 aromatic carbocycles. The fraction of sp³-hybridized carbons (Fsp3) is 1.00. The van der Waals surface area contributed by atoms with Crippen molar-refractivity contribution >= 4 is 11.8 Å². The minimum absolute atomic E-state index is 0.789. The molecule has 0 bridgehead atoms. The third-order valence-electron chi connectivity index (χ3n) is 2.83. The highest BCUT2D eigenvalue weighted by atomic mass is 32.2. The number of rotatable bonds is 9. The minimum atomic E-state index is 0.789. The van der Waals surface area contributed by atoms with Gasteiger partial charge in [0.1, 0.15) is 0 Å². The maximum absolute atomic E-state index is 3.69. The van der Waals surface area contributed by atoms with Crippen molar-refractivity contribution in [2.45, 2.75) is 32.2 Å². The molecular formula is C12H26N2S. The van der Waals surface area contributed by atoms with E-state index in [0.717, 1.165) is 12.0 Å². The molecule has 1 atom stereocenters. The largest absolute Gasteiger partial charge is 0.313 e. The molecule has 0 aromatic rings. The normalized spacial score (nSPS) is 18.4. The van der Waals surface area contributed by atoms with Gasteiger partial charge in [-0.3, -0.25) is 0 Å². The van der Waals surface area contributed by atoms with Gasteiger partial charge in [-0.2, -0.15) is 11.8 Å². The zero-order valence-corrected chi connectivity index (χ0v) is 11.3. The van der Waals surface area contributed by atoms with E-state index in [9.17, 15) is 0 Å². The summed E-state index contributed by atoms with van der Waals surface area (Å²) in [6, 6.07) is 0.789. The van der Waals surface area contributed by atoms with E-state index in [1.165, 1.54) is 43.9 Å². The van der Waals surface area contributed by atoms with Crippen molar-refractivity contribution in [1.29, 1.82) is 0 Å². The SMILES string of the molecule is CCCNC(CSCCN(C)C)C1CC1. The third-order valence-corrected chi connectivity index (χ3v) is 3.89. The van der Waals surface area contributed by atoms with Gasteiger partial charge in [0.25, 0.3) is 0 Å². The monoisotopic (exact) mass is 230 g/mol. The van der Waals surface area contributed by atoms with Gasteiger partial charge in [0.2, 0.25) is 0 Å². The number of nitrogens with zero attached hydrogens (tertiary/aromatic N) is 1. The highest BCUT2D eigenvalue weighted by Crippen LogP contribution is 2.33. The average molecular weight is 230 g/mol. The zero-order chi connectivity index (χ0) is 11.1. The first-order valence-corrected chi connectivity index (χ1v) is 7.35. The second kappa shape index (κ2) is 7.53. The predicted molar refractivity (Wildman–Crippen MR) is 70.7 cm³/mol. The van der Waals surface area contributed by atoms with E-state index < -0.39 is 0 Å². The summed E-state index contributed by atoms with van der Waals surface area (Å²) in [7, 11) is 4.29. The van der Waals surface area contributed by atoms with Gasteiger partial charge in [0.05, 0.1) is 0 Å². The zero-order valence-electron chi connectivity index (χ0n) is 10.5. The van der Waals surface area contributed by atoms with Gasteiger partial charge in [-0.15, -0.1) is 0 Å². The first kappa shape index (κ1) is 13.3. The van der Waals surface area contributed by atoms with Crippen LogP contribution in [0.25, 0.3) is 0 Å². The molecule has 1 saturated carbocycles. The van der Waals surface area contributed by atoms with Crippen molar-refractivity contribution in [3.05, 3.63) is 0 Å². The Morgan fingerprint density at radius 2 is 2.13 bits per heavy atom. The Hall–Kier alpha value is 0.270. The van der Waals surface area contributed by atoms with Gasteiger partial charge in [-0.05, 0) is 45.8 Å². The second-order valence-corrected chi connectivity index (χ2v) is 5.93. The van der Waals surface area contributed by atoms with Crippen LogP contribution >= 0.6 is 11.8 Å². The lowest BCUT2D eigenvalue weighted by Gasteiger charge is -2.18. The summed E-state index contributed by atoms with van der Waals surface area (Å²) in [5.74, 6) is 3.56. The lowest BCUT2D eigenvalue weighted by molar-refractivity contribution is 0.437. The minimum Gasteiger partial charge on any atom is -0.313 e. The molecule has 15 heavy (non-hydrogen) atoms. The summed E-state index contributed by atoms with van der Waals surface area (Å²) >= 11 is 2.10. The highest BCUT2D eigenvalue weighted by molar-refractivity contribution is 7.99. The standard InChI is InChI=1S/C12H26N2S/c1-4-7-13-12(11-5-6-11)10-15-9-8-14(2)3/h11-13H,4-10H2,1-3H3. The first-order chi connectivity index (χ1) is 7.24. The molecule has 1 aliphatic rings. The van der Waals surface area contributed by atoms with Gasteiger partial charge >= 0.3 is 0 Å². The molecule has 0 amide bonds. The number of hydrogen-bond acceptors (Lipinski definition) is 3. The predicted octanol–water partition coefficient (Wildman–Crippen LogP) is 2.06. The summed E-state index contributed by atoms with van der Waals surface area (Å²) in [6.45, 7) is 4.64. The Labute approximate surface area is 99.2 Å². The molecule has 1 fully saturated rings. The quantitative estimate of drug-likeness (QED) is 0.610. The molecule has 1 rings (SSSR count). The average Bonchev–Trinajstić information content (AvgIpc) is 3.00. The fourth-order valence-electron chi connectivity index (χ4n) is 1.65. The van der Waals surface area contributed by atoms with Crippen LogP contribution in [-0.4, -0.2) is 49.6 Å². The lowest BCUT2D eigenvalue weighted by atomic mass is 10.2. The summed E-state index contributed by atoms with van der Waals surface area (Å²) in [5, 5.41) is 3.69. The maximum Gasteiger partial charge on any atom is 0.0186 e. The van der Waals surface area contributed by atoms with Crippen molar-refractivity contribution in [1.82, 2.24) is 10.2 Å². The smallest absolute Gasteiger partial charge is 0.0186 e. The molecule has 0 saturated heterocycles. The van der Waals surface area contributed by atoms with Crippen LogP contribution in [0.2, 0.25) is 0 Å². The van der Waals surface area contributed by atoms with Gasteiger partial charge in [0, 0.05) is 24.1 Å². The molecule has 0 aromatic heterocycles. The molecule has 3 heteroatoms. The highest BCUT2D eigenvalue weighted by Gasteiger charge is 2.30. The Morgan fingerprint density at radius 3 is 2.67 bits per heavy atom. The second-order valence-electron chi connectivity index (χ2n) is 4.78. The van der Waals surface area contributed by atoms with Crippen LogP contribution < -0.4 is 5.32 Å². The van der Waals surface area contributed by atoms with E-state index in [4.69, 9.17) is 0 Å². The first-order valence-electron chi connectivity index (χ1n) is 6.20. The maximum atomic E-state index is 3.69. The fourth-order valence-corrected chi connectivity index (χ4v) is 2.95. The molecule has 1 unspecified atom stereocenters. The van der Waals surface area contributed by atoms with Crippen LogP contribution in [-0.2, 0) is 0 Å². The van der Waals surface area contributed by atoms with Crippen LogP contribution in [0, 0.1) is 5.92 Å². The number of hydrogen-bond donors (Lipinski definition) is 1. The molecule has 90 valence electrons. The Bertz CT molecular complexity index is 158. The van der Waals surface area contributed by atoms with Crippen LogP contribution in [0.5, 0.6) is 0 Å². The summed E-state index contributed by atoms with van der Waals surface area (Å²) in [5.41, 5.74) is 0. The molecule has 0 radical (unpaired) electrons. The lowest BCUT2D eigenvalue weighted by Crippen LogP contribution is -2.34. The number of thioether (sulfide) groups is 1. The van der Waals surface area contributed by atoms with Crippen LogP contribution in [0.15, 0.2) is 0 Å². The Balaban J connectivity index is 2.03. The van der Waals surface area contributed by atoms with E-state index >= 15 is 0 Å². The van der Waals surface area contributed by atoms with E-state index in [0.29, 0.717) is 0 Å². The molecule has 0 aliphatic heterocycles. The Morgan fingerprint density at radius 1 is 1.40 bits per heavy atom. The van der Waals surface area contributed by atoms with E-state index in [1.54, 1.807) is 0 Å². The van der Waals surface area contributed by atoms with Gasteiger partial charge in [0.15, 0.2) is 0 Å². The van der Waals surface area contributed by atoms with Gasteiger partial charge in [-0.25, -0.2) is 0 Å². The topological polar surface area (TPSA) is 15.3 Å². The van der Waals surface area contributed by atoms with Crippen molar-refractivity contribution in [3.8, 4) is 0 Å². The third kappa shape index (κ3) is 6.44. The van der Waals surface area contributed by atoms with Crippen molar-refractivity contribution in [3.63, 3.8) is 0 Å². The molecular weight excluding hydrogens is 204 g/mol.